The molecule has 0 spiro atoms. The zero-order chi connectivity index (χ0) is 14.7. The van der Waals surface area contributed by atoms with Crippen LogP contribution in [0.25, 0.3) is 0 Å². The van der Waals surface area contributed by atoms with Crippen LogP contribution >= 0.6 is 0 Å². The van der Waals surface area contributed by atoms with Gasteiger partial charge < -0.3 is 5.32 Å². The minimum Gasteiger partial charge on any atom is -0.313 e. The fraction of sp³-hybridized carbons (Fsp3) is 1.00. The quantitative estimate of drug-likeness (QED) is 0.762. The summed E-state index contributed by atoms with van der Waals surface area (Å²) in [6.07, 6.45) is -7.37. The number of halogens is 6. The van der Waals surface area contributed by atoms with Crippen LogP contribution in [0.15, 0.2) is 0 Å². The minimum absolute atomic E-state index is 0.101. The van der Waals surface area contributed by atoms with Crippen LogP contribution < -0.4 is 5.32 Å². The summed E-state index contributed by atoms with van der Waals surface area (Å²) in [5.41, 5.74) is 0. The number of hydrogen-bond acceptors (Lipinski definition) is 1. The van der Waals surface area contributed by atoms with E-state index in [0.717, 1.165) is 6.42 Å². The van der Waals surface area contributed by atoms with Crippen molar-refractivity contribution in [2.24, 2.45) is 11.8 Å². The van der Waals surface area contributed by atoms with Crippen molar-refractivity contribution >= 4 is 0 Å². The molecule has 0 aromatic carbocycles. The maximum atomic E-state index is 12.8. The molecule has 114 valence electrons. The second-order valence-electron chi connectivity index (χ2n) is 5.04. The van der Waals surface area contributed by atoms with Crippen molar-refractivity contribution in [3.05, 3.63) is 0 Å². The summed E-state index contributed by atoms with van der Waals surface area (Å²) in [5, 5.41) is 2.43. The smallest absolute Gasteiger partial charge is 0.313 e. The Hall–Kier alpha value is -0.460. The summed E-state index contributed by atoms with van der Waals surface area (Å²) >= 11 is 0. The molecule has 1 fully saturated rings. The first kappa shape index (κ1) is 16.6. The normalized spacial score (nSPS) is 20.8. The molecule has 1 aliphatic rings. The van der Waals surface area contributed by atoms with Crippen molar-refractivity contribution in [3.8, 4) is 0 Å². The lowest BCUT2D eigenvalue weighted by molar-refractivity contribution is -0.295. The van der Waals surface area contributed by atoms with E-state index in [1.807, 2.05) is 0 Å². The minimum atomic E-state index is -5.26. The van der Waals surface area contributed by atoms with E-state index in [0.29, 0.717) is 25.7 Å². The number of alkyl halides is 6. The largest absolute Gasteiger partial charge is 0.402 e. The third-order valence-electron chi connectivity index (χ3n) is 3.66. The van der Waals surface area contributed by atoms with Gasteiger partial charge in [-0.1, -0.05) is 26.2 Å². The van der Waals surface area contributed by atoms with Crippen LogP contribution in [0.4, 0.5) is 26.3 Å². The van der Waals surface area contributed by atoms with Crippen molar-refractivity contribution in [2.45, 2.75) is 57.4 Å². The van der Waals surface area contributed by atoms with Crippen LogP contribution in [0.1, 0.15) is 39.0 Å². The monoisotopic (exact) mass is 291 g/mol. The topological polar surface area (TPSA) is 12.0 Å². The van der Waals surface area contributed by atoms with Gasteiger partial charge in [-0.3, -0.25) is 0 Å². The summed E-state index contributed by atoms with van der Waals surface area (Å²) in [6.45, 7) is 1.63. The highest BCUT2D eigenvalue weighted by Gasteiger charge is 2.61. The molecule has 1 atom stereocenters. The molecule has 0 aliphatic heterocycles. The van der Waals surface area contributed by atoms with Gasteiger partial charge in [0.2, 0.25) is 0 Å². The van der Waals surface area contributed by atoms with E-state index in [9.17, 15) is 26.3 Å². The van der Waals surface area contributed by atoms with E-state index >= 15 is 0 Å². The first-order valence-corrected chi connectivity index (χ1v) is 6.54. The molecule has 0 saturated heterocycles. The molecule has 1 aliphatic carbocycles. The third kappa shape index (κ3) is 4.54. The predicted octanol–water partition coefficient (Wildman–Crippen LogP) is 4.29. The Morgan fingerprint density at radius 3 is 1.79 bits per heavy atom. The van der Waals surface area contributed by atoms with Crippen LogP contribution in [0, 0.1) is 11.8 Å². The highest BCUT2D eigenvalue weighted by Crippen LogP contribution is 2.45. The third-order valence-corrected chi connectivity index (χ3v) is 3.66. The Balaban J connectivity index is 2.97. The Bertz CT molecular complexity index is 252. The van der Waals surface area contributed by atoms with Gasteiger partial charge in [0.15, 0.2) is 5.92 Å². The molecule has 0 bridgehead atoms. The zero-order valence-electron chi connectivity index (χ0n) is 10.7. The molecule has 1 N–H and O–H groups in total. The second-order valence-corrected chi connectivity index (χ2v) is 5.04. The van der Waals surface area contributed by atoms with Crippen LogP contribution in [0.2, 0.25) is 0 Å². The summed E-state index contributed by atoms with van der Waals surface area (Å²) < 4.78 is 76.7. The maximum Gasteiger partial charge on any atom is 0.402 e. The highest BCUT2D eigenvalue weighted by atomic mass is 19.4. The summed E-state index contributed by atoms with van der Waals surface area (Å²) in [5.74, 6) is -3.83. The van der Waals surface area contributed by atoms with Gasteiger partial charge >= 0.3 is 12.4 Å². The standard InChI is InChI=1S/C12H19F6N/c1-2-19-9(8-6-4-3-5-7-8)10(11(13,14)15)12(16,17)18/h8-10,19H,2-7H2,1H3. The van der Waals surface area contributed by atoms with Gasteiger partial charge in [0.05, 0.1) is 0 Å². The van der Waals surface area contributed by atoms with E-state index in [1.165, 1.54) is 6.92 Å². The zero-order valence-corrected chi connectivity index (χ0v) is 10.7. The van der Waals surface area contributed by atoms with Gasteiger partial charge in [0.1, 0.15) is 0 Å². The predicted molar refractivity (Wildman–Crippen MR) is 59.6 cm³/mol. The molecule has 7 heteroatoms. The Morgan fingerprint density at radius 1 is 0.947 bits per heavy atom. The molecule has 1 rings (SSSR count). The van der Waals surface area contributed by atoms with Crippen LogP contribution in [0.5, 0.6) is 0 Å². The van der Waals surface area contributed by atoms with Crippen LogP contribution in [-0.4, -0.2) is 24.9 Å². The molecule has 0 radical (unpaired) electrons. The summed E-state index contributed by atoms with van der Waals surface area (Å²) in [7, 11) is 0. The lowest BCUT2D eigenvalue weighted by Gasteiger charge is -2.38. The fourth-order valence-corrected chi connectivity index (χ4v) is 2.88. The molecule has 0 heterocycles. The number of hydrogen-bond donors (Lipinski definition) is 1. The fourth-order valence-electron chi connectivity index (χ4n) is 2.88. The molecule has 1 nitrogen and oxygen atoms in total. The SMILES string of the molecule is CCNC(C1CCCCC1)C(C(F)(F)F)C(F)(F)F. The van der Waals surface area contributed by atoms with Gasteiger partial charge in [0, 0.05) is 6.04 Å². The van der Waals surface area contributed by atoms with Crippen molar-refractivity contribution in [1.29, 1.82) is 0 Å². The first-order chi connectivity index (χ1) is 8.68. The molecule has 19 heavy (non-hydrogen) atoms. The van der Waals surface area contributed by atoms with Crippen LogP contribution in [-0.2, 0) is 0 Å². The highest BCUT2D eigenvalue weighted by molar-refractivity contribution is 4.92. The molecule has 1 unspecified atom stereocenters. The molecule has 0 amide bonds. The molecule has 0 aromatic rings. The second kappa shape index (κ2) is 6.33. The molecule has 0 aromatic heterocycles. The maximum absolute atomic E-state index is 12.8. The van der Waals surface area contributed by atoms with Gasteiger partial charge in [-0.2, -0.15) is 26.3 Å². The molecular formula is C12H19F6N. The van der Waals surface area contributed by atoms with Crippen LogP contribution in [0.3, 0.4) is 0 Å². The van der Waals surface area contributed by atoms with Gasteiger partial charge in [-0.05, 0) is 25.3 Å². The average Bonchev–Trinajstić information content (AvgIpc) is 2.26. The van der Waals surface area contributed by atoms with E-state index in [1.54, 1.807) is 0 Å². The average molecular weight is 291 g/mol. The molecular weight excluding hydrogens is 272 g/mol. The summed E-state index contributed by atoms with van der Waals surface area (Å²) in [6, 6.07) is -1.56. The Kier molecular flexibility index (Phi) is 5.53. The number of nitrogens with one attached hydrogen (secondary N) is 1. The van der Waals surface area contributed by atoms with Crippen molar-refractivity contribution in [2.75, 3.05) is 6.54 Å². The number of rotatable bonds is 4. The lowest BCUT2D eigenvalue weighted by atomic mass is 9.78. The van der Waals surface area contributed by atoms with Crippen molar-refractivity contribution in [3.63, 3.8) is 0 Å². The summed E-state index contributed by atoms with van der Waals surface area (Å²) in [4.78, 5) is 0. The van der Waals surface area contributed by atoms with E-state index in [4.69, 9.17) is 0 Å². The molecule has 1 saturated carbocycles. The van der Waals surface area contributed by atoms with Gasteiger partial charge in [-0.15, -0.1) is 0 Å². The lowest BCUT2D eigenvalue weighted by Crippen LogP contribution is -2.54. The Labute approximate surface area is 108 Å². The Morgan fingerprint density at radius 2 is 1.42 bits per heavy atom. The van der Waals surface area contributed by atoms with Gasteiger partial charge in [0.25, 0.3) is 0 Å². The van der Waals surface area contributed by atoms with Gasteiger partial charge in [-0.25, -0.2) is 0 Å². The van der Waals surface area contributed by atoms with Crippen molar-refractivity contribution in [1.82, 2.24) is 5.32 Å². The van der Waals surface area contributed by atoms with Crippen molar-refractivity contribution < 1.29 is 26.3 Å². The first-order valence-electron chi connectivity index (χ1n) is 6.54. The van der Waals surface area contributed by atoms with E-state index < -0.39 is 30.2 Å². The van der Waals surface area contributed by atoms with E-state index in [2.05, 4.69) is 5.32 Å². The van der Waals surface area contributed by atoms with E-state index in [-0.39, 0.29) is 6.54 Å².